The summed E-state index contributed by atoms with van der Waals surface area (Å²) in [5.41, 5.74) is 7.24. The van der Waals surface area contributed by atoms with Crippen LogP contribution in [0.3, 0.4) is 0 Å². The Morgan fingerprint density at radius 2 is 2.14 bits per heavy atom. The van der Waals surface area contributed by atoms with Gasteiger partial charge in [-0.1, -0.05) is 25.4 Å². The van der Waals surface area contributed by atoms with Crippen LogP contribution in [0.15, 0.2) is 18.2 Å². The highest BCUT2D eigenvalue weighted by molar-refractivity contribution is 6.34. The van der Waals surface area contributed by atoms with Crippen molar-refractivity contribution in [1.82, 2.24) is 4.90 Å². The first-order chi connectivity index (χ1) is 9.98. The minimum absolute atomic E-state index is 0.0234. The Labute approximate surface area is 131 Å². The minimum atomic E-state index is -0.0234. The van der Waals surface area contributed by atoms with Gasteiger partial charge in [-0.25, -0.2) is 0 Å². The van der Waals surface area contributed by atoms with E-state index in [2.05, 4.69) is 24.1 Å². The predicted octanol–water partition coefficient (Wildman–Crippen LogP) is 3.37. The van der Waals surface area contributed by atoms with Gasteiger partial charge in [0.1, 0.15) is 0 Å². The van der Waals surface area contributed by atoms with E-state index in [-0.39, 0.29) is 5.91 Å². The number of benzene rings is 1. The quantitative estimate of drug-likeness (QED) is 0.820. The maximum Gasteiger partial charge on any atom is 0.238 e. The first kappa shape index (κ1) is 16.1. The average Bonchev–Trinajstić information content (AvgIpc) is 2.86. The van der Waals surface area contributed by atoms with Gasteiger partial charge >= 0.3 is 0 Å². The van der Waals surface area contributed by atoms with E-state index in [9.17, 15) is 4.79 Å². The third kappa shape index (κ3) is 3.89. The summed E-state index contributed by atoms with van der Waals surface area (Å²) < 4.78 is 0. The fourth-order valence-corrected chi connectivity index (χ4v) is 3.25. The van der Waals surface area contributed by atoms with Crippen LogP contribution in [0.25, 0.3) is 0 Å². The lowest BCUT2D eigenvalue weighted by atomic mass is 9.82. The number of carbonyl (C=O) groups excluding carboxylic acids is 1. The molecule has 1 aliphatic heterocycles. The molecule has 1 heterocycles. The molecule has 1 amide bonds. The van der Waals surface area contributed by atoms with Crippen LogP contribution in [0.2, 0.25) is 5.02 Å². The van der Waals surface area contributed by atoms with Gasteiger partial charge < -0.3 is 11.1 Å². The summed E-state index contributed by atoms with van der Waals surface area (Å²) in [6.45, 7) is 6.89. The Kier molecular flexibility index (Phi) is 5.12. The number of halogens is 1. The van der Waals surface area contributed by atoms with Crippen molar-refractivity contribution in [1.29, 1.82) is 0 Å². The van der Waals surface area contributed by atoms with Crippen molar-refractivity contribution in [2.75, 3.05) is 30.7 Å². The van der Waals surface area contributed by atoms with Crippen molar-refractivity contribution in [3.05, 3.63) is 23.2 Å². The van der Waals surface area contributed by atoms with E-state index >= 15 is 0 Å². The summed E-state index contributed by atoms with van der Waals surface area (Å²) in [5, 5.41) is 3.33. The molecule has 4 nitrogen and oxygen atoms in total. The molecule has 5 heteroatoms. The number of nitrogens with two attached hydrogens (primary N) is 1. The summed E-state index contributed by atoms with van der Waals surface area (Å²) in [4.78, 5) is 14.4. The van der Waals surface area contributed by atoms with Crippen LogP contribution in [0.5, 0.6) is 0 Å². The molecule has 0 radical (unpaired) electrons. The average molecular weight is 310 g/mol. The highest BCUT2D eigenvalue weighted by Gasteiger charge is 2.35. The number of hydrogen-bond donors (Lipinski definition) is 2. The molecular weight excluding hydrogens is 286 g/mol. The number of carbonyl (C=O) groups is 1. The number of amides is 1. The summed E-state index contributed by atoms with van der Waals surface area (Å²) in [7, 11) is 0. The van der Waals surface area contributed by atoms with Gasteiger partial charge in [-0.05, 0) is 49.4 Å². The molecule has 0 spiro atoms. The molecule has 1 saturated heterocycles. The molecule has 0 bridgehead atoms. The maximum atomic E-state index is 12.2. The maximum absolute atomic E-state index is 12.2. The van der Waals surface area contributed by atoms with Crippen LogP contribution >= 0.6 is 11.6 Å². The van der Waals surface area contributed by atoms with Gasteiger partial charge in [0.25, 0.3) is 0 Å². The summed E-state index contributed by atoms with van der Waals surface area (Å²) in [6.07, 6.45) is 3.52. The molecule has 116 valence electrons. The molecule has 1 aromatic rings. The smallest absolute Gasteiger partial charge is 0.238 e. The van der Waals surface area contributed by atoms with E-state index in [4.69, 9.17) is 17.3 Å². The van der Waals surface area contributed by atoms with Gasteiger partial charge in [-0.15, -0.1) is 0 Å². The second kappa shape index (κ2) is 6.67. The van der Waals surface area contributed by atoms with Crippen molar-refractivity contribution in [2.45, 2.75) is 33.1 Å². The van der Waals surface area contributed by atoms with Crippen molar-refractivity contribution < 1.29 is 4.79 Å². The molecule has 1 aromatic carbocycles. The molecule has 0 unspecified atom stereocenters. The highest BCUT2D eigenvalue weighted by Crippen LogP contribution is 2.36. The van der Waals surface area contributed by atoms with Gasteiger partial charge in [-0.3, -0.25) is 9.69 Å². The Morgan fingerprint density at radius 1 is 1.43 bits per heavy atom. The van der Waals surface area contributed by atoms with E-state index in [0.29, 0.717) is 28.4 Å². The Hall–Kier alpha value is -1.26. The summed E-state index contributed by atoms with van der Waals surface area (Å²) in [6, 6.07) is 5.12. The predicted molar refractivity (Wildman–Crippen MR) is 88.6 cm³/mol. The molecule has 3 N–H and O–H groups in total. The summed E-state index contributed by atoms with van der Waals surface area (Å²) >= 11 is 6.07. The normalized spacial score (nSPS) is 17.9. The first-order valence-electron chi connectivity index (χ1n) is 7.55. The third-order valence-corrected chi connectivity index (χ3v) is 4.96. The lowest BCUT2D eigenvalue weighted by molar-refractivity contribution is -0.117. The summed E-state index contributed by atoms with van der Waals surface area (Å²) in [5.74, 6) is -0.0234. The van der Waals surface area contributed by atoms with Crippen molar-refractivity contribution >= 4 is 28.9 Å². The highest BCUT2D eigenvalue weighted by atomic mass is 35.5. The van der Waals surface area contributed by atoms with Gasteiger partial charge in [-0.2, -0.15) is 0 Å². The first-order valence-corrected chi connectivity index (χ1v) is 7.93. The van der Waals surface area contributed by atoms with E-state index in [1.54, 1.807) is 18.2 Å². The van der Waals surface area contributed by atoms with Crippen LogP contribution in [-0.2, 0) is 4.79 Å². The number of anilines is 2. The minimum Gasteiger partial charge on any atom is -0.399 e. The molecule has 0 aliphatic carbocycles. The molecular formula is C16H24ClN3O. The second-order valence-corrected chi connectivity index (χ2v) is 6.36. The molecule has 1 fully saturated rings. The molecule has 0 aromatic heterocycles. The van der Waals surface area contributed by atoms with E-state index < -0.39 is 0 Å². The second-order valence-electron chi connectivity index (χ2n) is 5.96. The molecule has 0 atom stereocenters. The fraction of sp³-hybridized carbons (Fsp3) is 0.562. The topological polar surface area (TPSA) is 58.4 Å². The van der Waals surface area contributed by atoms with Gasteiger partial charge in [0.05, 0.1) is 17.3 Å². The van der Waals surface area contributed by atoms with Crippen molar-refractivity contribution in [3.8, 4) is 0 Å². The van der Waals surface area contributed by atoms with Crippen LogP contribution in [0.4, 0.5) is 11.4 Å². The third-order valence-electron chi connectivity index (χ3n) is 4.65. The standard InChI is InChI=1S/C16H24ClN3O/c1-3-16(4-2)7-8-20(11-16)10-15(21)19-14-6-5-12(18)9-13(14)17/h5-6,9H,3-4,7-8,10-11,18H2,1-2H3,(H,19,21). The van der Waals surface area contributed by atoms with Gasteiger partial charge in [0.15, 0.2) is 0 Å². The van der Waals surface area contributed by atoms with E-state index in [1.165, 1.54) is 19.3 Å². The molecule has 21 heavy (non-hydrogen) atoms. The zero-order valence-corrected chi connectivity index (χ0v) is 13.5. The van der Waals surface area contributed by atoms with Crippen molar-refractivity contribution in [2.24, 2.45) is 5.41 Å². The SMILES string of the molecule is CCC1(CC)CCN(CC(=O)Nc2ccc(N)cc2Cl)C1. The monoisotopic (exact) mass is 309 g/mol. The lowest BCUT2D eigenvalue weighted by Gasteiger charge is -2.26. The number of nitrogens with zero attached hydrogens (tertiary/aromatic N) is 1. The zero-order valence-electron chi connectivity index (χ0n) is 12.8. The Morgan fingerprint density at radius 3 is 2.71 bits per heavy atom. The Balaban J connectivity index is 1.91. The lowest BCUT2D eigenvalue weighted by Crippen LogP contribution is -2.33. The number of nitrogen functional groups attached to an aromatic ring is 1. The fourth-order valence-electron chi connectivity index (χ4n) is 3.02. The number of nitrogens with one attached hydrogen (secondary N) is 1. The number of rotatable bonds is 5. The number of hydrogen-bond acceptors (Lipinski definition) is 3. The molecule has 2 rings (SSSR count). The molecule has 1 aliphatic rings. The Bertz CT molecular complexity index is 514. The zero-order chi connectivity index (χ0) is 15.5. The van der Waals surface area contributed by atoms with Crippen molar-refractivity contribution in [3.63, 3.8) is 0 Å². The van der Waals surface area contributed by atoms with Crippen LogP contribution in [-0.4, -0.2) is 30.4 Å². The van der Waals surface area contributed by atoms with Crippen LogP contribution in [0, 0.1) is 5.41 Å². The van der Waals surface area contributed by atoms with E-state index in [0.717, 1.165) is 13.1 Å². The van der Waals surface area contributed by atoms with Gasteiger partial charge in [0, 0.05) is 12.2 Å². The molecule has 0 saturated carbocycles. The largest absolute Gasteiger partial charge is 0.399 e. The number of likely N-dealkylation sites (tertiary alicyclic amines) is 1. The van der Waals surface area contributed by atoms with E-state index in [1.807, 2.05) is 0 Å². The van der Waals surface area contributed by atoms with Crippen LogP contribution < -0.4 is 11.1 Å². The van der Waals surface area contributed by atoms with Crippen LogP contribution in [0.1, 0.15) is 33.1 Å². The van der Waals surface area contributed by atoms with Gasteiger partial charge in [0.2, 0.25) is 5.91 Å².